The van der Waals surface area contributed by atoms with E-state index >= 15 is 0 Å². The van der Waals surface area contributed by atoms with E-state index < -0.39 is 0 Å². The van der Waals surface area contributed by atoms with Crippen molar-refractivity contribution in [2.24, 2.45) is 5.92 Å². The third-order valence-electron chi connectivity index (χ3n) is 5.24. The first-order chi connectivity index (χ1) is 14.3. The van der Waals surface area contributed by atoms with Gasteiger partial charge in [0.05, 0.1) is 5.92 Å². The number of H-pyrrole nitrogens is 1. The van der Waals surface area contributed by atoms with Crippen LogP contribution in [0.4, 0.5) is 5.82 Å². The molecule has 1 aliphatic rings. The number of hydrogen-bond donors (Lipinski definition) is 2. The quantitative estimate of drug-likeness (QED) is 0.516. The molecule has 1 aliphatic heterocycles. The molecule has 29 heavy (non-hydrogen) atoms. The Bertz CT molecular complexity index is 1130. The molecule has 1 fully saturated rings. The molecule has 0 unspecified atom stereocenters. The molecule has 9 heteroatoms. The Morgan fingerprint density at radius 1 is 1.17 bits per heavy atom. The molecule has 2 N–H and O–H groups in total. The standard InChI is InChI=1S/C20H20N8O/c29-20(22-6-5-14-8-23-17-4-2-1-3-16(14)17)15-9-27(10-15)18-7-19(25-12-24-18)28-13-21-11-26-28/h1-4,7-8,11-13,15,23H,5-6,9-10H2,(H,22,29). The zero-order valence-corrected chi connectivity index (χ0v) is 15.7. The van der Waals surface area contributed by atoms with E-state index in [1.807, 2.05) is 24.4 Å². The van der Waals surface area contributed by atoms with Crippen LogP contribution in [0.15, 0.2) is 55.5 Å². The highest BCUT2D eigenvalue weighted by atomic mass is 16.2. The van der Waals surface area contributed by atoms with Gasteiger partial charge in [0.2, 0.25) is 5.91 Å². The molecule has 0 saturated carbocycles. The fraction of sp³-hybridized carbons (Fsp3) is 0.250. The largest absolute Gasteiger partial charge is 0.361 e. The smallest absolute Gasteiger partial charge is 0.226 e. The number of fused-ring (bicyclic) bond motifs is 1. The average Bonchev–Trinajstić information content (AvgIpc) is 3.38. The van der Waals surface area contributed by atoms with Crippen molar-refractivity contribution in [3.05, 3.63) is 61.1 Å². The van der Waals surface area contributed by atoms with Crippen molar-refractivity contribution >= 4 is 22.6 Å². The number of aromatic amines is 1. The van der Waals surface area contributed by atoms with Crippen LogP contribution in [0.3, 0.4) is 0 Å². The summed E-state index contributed by atoms with van der Waals surface area (Å²) in [5, 5.41) is 8.35. The van der Waals surface area contributed by atoms with E-state index in [-0.39, 0.29) is 11.8 Å². The zero-order chi connectivity index (χ0) is 19.6. The molecule has 0 aliphatic carbocycles. The molecule has 4 aromatic rings. The number of carbonyl (C=O) groups excluding carboxylic acids is 1. The summed E-state index contributed by atoms with van der Waals surface area (Å²) in [7, 11) is 0. The van der Waals surface area contributed by atoms with Crippen molar-refractivity contribution in [3.63, 3.8) is 0 Å². The minimum Gasteiger partial charge on any atom is -0.361 e. The maximum atomic E-state index is 12.4. The van der Waals surface area contributed by atoms with E-state index in [2.05, 4.69) is 47.4 Å². The van der Waals surface area contributed by atoms with Crippen LogP contribution in [0, 0.1) is 5.92 Å². The second-order valence-corrected chi connectivity index (χ2v) is 7.08. The van der Waals surface area contributed by atoms with E-state index in [1.165, 1.54) is 23.6 Å². The highest BCUT2D eigenvalue weighted by Crippen LogP contribution is 2.23. The maximum absolute atomic E-state index is 12.4. The Hall–Kier alpha value is -3.75. The van der Waals surface area contributed by atoms with Crippen LogP contribution in [-0.2, 0) is 11.2 Å². The van der Waals surface area contributed by atoms with Crippen LogP contribution in [0.5, 0.6) is 0 Å². The number of rotatable bonds is 6. The van der Waals surface area contributed by atoms with Gasteiger partial charge in [0, 0.05) is 42.8 Å². The van der Waals surface area contributed by atoms with E-state index in [9.17, 15) is 4.79 Å². The molecule has 1 amide bonds. The Balaban J connectivity index is 1.13. The molecule has 9 nitrogen and oxygen atoms in total. The second-order valence-electron chi connectivity index (χ2n) is 7.08. The monoisotopic (exact) mass is 388 g/mol. The van der Waals surface area contributed by atoms with Gasteiger partial charge < -0.3 is 15.2 Å². The predicted molar refractivity (Wildman–Crippen MR) is 108 cm³/mol. The Labute approximate surface area is 166 Å². The number of aromatic nitrogens is 6. The highest BCUT2D eigenvalue weighted by molar-refractivity contribution is 5.84. The van der Waals surface area contributed by atoms with Crippen LogP contribution < -0.4 is 10.2 Å². The molecule has 0 radical (unpaired) electrons. The molecule has 4 heterocycles. The number of benzene rings is 1. The van der Waals surface area contributed by atoms with Crippen LogP contribution in [0.2, 0.25) is 0 Å². The van der Waals surface area contributed by atoms with Gasteiger partial charge in [-0.15, -0.1) is 0 Å². The molecule has 1 aromatic carbocycles. The number of hydrogen-bond acceptors (Lipinski definition) is 6. The summed E-state index contributed by atoms with van der Waals surface area (Å²) in [5.74, 6) is 1.50. The van der Waals surface area contributed by atoms with Crippen LogP contribution >= 0.6 is 0 Å². The Morgan fingerprint density at radius 2 is 2.03 bits per heavy atom. The van der Waals surface area contributed by atoms with Gasteiger partial charge in [-0.2, -0.15) is 5.10 Å². The minimum atomic E-state index is -0.0252. The van der Waals surface area contributed by atoms with Crippen molar-refractivity contribution in [2.75, 3.05) is 24.5 Å². The fourth-order valence-electron chi connectivity index (χ4n) is 3.60. The van der Waals surface area contributed by atoms with E-state index in [1.54, 1.807) is 11.0 Å². The van der Waals surface area contributed by atoms with Crippen molar-refractivity contribution in [1.29, 1.82) is 0 Å². The van der Waals surface area contributed by atoms with Gasteiger partial charge in [-0.05, 0) is 18.1 Å². The van der Waals surface area contributed by atoms with Gasteiger partial charge >= 0.3 is 0 Å². The number of nitrogens with one attached hydrogen (secondary N) is 2. The number of nitrogens with zero attached hydrogens (tertiary/aromatic N) is 6. The first-order valence-corrected chi connectivity index (χ1v) is 9.52. The molecule has 5 rings (SSSR count). The summed E-state index contributed by atoms with van der Waals surface area (Å²) in [6.07, 6.45) is 7.37. The molecule has 0 bridgehead atoms. The Kier molecular flexibility index (Phi) is 4.39. The third-order valence-corrected chi connectivity index (χ3v) is 5.24. The molecule has 0 atom stereocenters. The summed E-state index contributed by atoms with van der Waals surface area (Å²) >= 11 is 0. The van der Waals surface area contributed by atoms with Crippen LogP contribution in [0.25, 0.3) is 16.7 Å². The van der Waals surface area contributed by atoms with Crippen molar-refractivity contribution in [1.82, 2.24) is 35.0 Å². The highest BCUT2D eigenvalue weighted by Gasteiger charge is 2.33. The van der Waals surface area contributed by atoms with Crippen molar-refractivity contribution in [2.45, 2.75) is 6.42 Å². The van der Waals surface area contributed by atoms with Gasteiger partial charge in [0.15, 0.2) is 5.82 Å². The van der Waals surface area contributed by atoms with Gasteiger partial charge in [0.25, 0.3) is 0 Å². The zero-order valence-electron chi connectivity index (χ0n) is 15.7. The van der Waals surface area contributed by atoms with Crippen LogP contribution in [0.1, 0.15) is 5.56 Å². The summed E-state index contributed by atoms with van der Waals surface area (Å²) in [4.78, 5) is 30.2. The number of carbonyl (C=O) groups is 1. The lowest BCUT2D eigenvalue weighted by Crippen LogP contribution is -2.54. The molecular weight excluding hydrogens is 368 g/mol. The van der Waals surface area contributed by atoms with Gasteiger partial charge in [0.1, 0.15) is 24.8 Å². The van der Waals surface area contributed by atoms with Crippen molar-refractivity contribution < 1.29 is 4.79 Å². The average molecular weight is 388 g/mol. The van der Waals surface area contributed by atoms with Crippen LogP contribution in [-0.4, -0.2) is 55.3 Å². The lowest BCUT2D eigenvalue weighted by atomic mass is 9.99. The molecular formula is C20H20N8O. The summed E-state index contributed by atoms with van der Waals surface area (Å²) in [6.45, 7) is 1.92. The number of anilines is 1. The first-order valence-electron chi connectivity index (χ1n) is 9.52. The lowest BCUT2D eigenvalue weighted by molar-refractivity contribution is -0.125. The molecule has 3 aromatic heterocycles. The number of para-hydroxylation sites is 1. The van der Waals surface area contributed by atoms with Gasteiger partial charge in [-0.3, -0.25) is 4.79 Å². The van der Waals surface area contributed by atoms with E-state index in [4.69, 9.17) is 0 Å². The normalized spacial score (nSPS) is 14.1. The van der Waals surface area contributed by atoms with Gasteiger partial charge in [-0.25, -0.2) is 19.6 Å². The molecule has 146 valence electrons. The maximum Gasteiger partial charge on any atom is 0.226 e. The summed E-state index contributed by atoms with van der Waals surface area (Å²) in [6, 6.07) is 10.0. The van der Waals surface area contributed by atoms with E-state index in [0.29, 0.717) is 25.5 Å². The van der Waals surface area contributed by atoms with Gasteiger partial charge in [-0.1, -0.05) is 18.2 Å². The first kappa shape index (κ1) is 17.4. The predicted octanol–water partition coefficient (Wildman–Crippen LogP) is 1.33. The Morgan fingerprint density at radius 3 is 2.90 bits per heavy atom. The minimum absolute atomic E-state index is 0.0252. The number of amides is 1. The molecule has 0 spiro atoms. The summed E-state index contributed by atoms with van der Waals surface area (Å²) in [5.41, 5.74) is 2.34. The second kappa shape index (κ2) is 7.34. The topological polar surface area (TPSA) is 105 Å². The van der Waals surface area contributed by atoms with E-state index in [0.717, 1.165) is 17.8 Å². The lowest BCUT2D eigenvalue weighted by Gasteiger charge is -2.39. The molecule has 1 saturated heterocycles. The fourth-order valence-corrected chi connectivity index (χ4v) is 3.60. The SMILES string of the molecule is O=C(NCCc1c[nH]c2ccccc12)C1CN(c2cc(-n3cncn3)ncn2)C1. The van der Waals surface area contributed by atoms with Crippen molar-refractivity contribution in [3.8, 4) is 5.82 Å². The third kappa shape index (κ3) is 3.42. The summed E-state index contributed by atoms with van der Waals surface area (Å²) < 4.78 is 1.58.